The van der Waals surface area contributed by atoms with Gasteiger partial charge < -0.3 is 10.8 Å². The van der Waals surface area contributed by atoms with Gasteiger partial charge in [-0.25, -0.2) is 8.78 Å². The predicted molar refractivity (Wildman–Crippen MR) is 53.0 cm³/mol. The average molecular weight is 224 g/mol. The Morgan fingerprint density at radius 2 is 2.07 bits per heavy atom. The van der Waals surface area contributed by atoms with E-state index >= 15 is 0 Å². The summed E-state index contributed by atoms with van der Waals surface area (Å²) in [5.41, 5.74) is 6.05. The molecule has 0 aliphatic carbocycles. The number of phenols is 1. The third kappa shape index (κ3) is 2.56. The first-order chi connectivity index (χ1) is 6.06. The number of alkyl halides is 1. The van der Waals surface area contributed by atoms with E-state index in [1.165, 1.54) is 12.1 Å². The summed E-state index contributed by atoms with van der Waals surface area (Å²) in [6.45, 7) is 0.827. The van der Waals surface area contributed by atoms with Crippen LogP contribution < -0.4 is 5.73 Å². The lowest BCUT2D eigenvalue weighted by atomic mass is 10.0. The van der Waals surface area contributed by atoms with E-state index in [0.717, 1.165) is 0 Å². The Kier molecular flexibility index (Phi) is 4.80. The summed E-state index contributed by atoms with van der Waals surface area (Å²) in [5, 5.41) is 9.20. The minimum atomic E-state index is -0.964. The molecule has 0 saturated carbocycles. The molecule has 14 heavy (non-hydrogen) atoms. The molecule has 1 rings (SSSR count). The highest BCUT2D eigenvalue weighted by Crippen LogP contribution is 2.27. The Labute approximate surface area is 87.1 Å². The monoisotopic (exact) mass is 223 g/mol. The molecule has 1 atom stereocenters. The number of hydrogen-bond donors (Lipinski definition) is 2. The number of benzene rings is 1. The van der Waals surface area contributed by atoms with Gasteiger partial charge in [0.1, 0.15) is 6.67 Å². The molecular weight excluding hydrogens is 212 g/mol. The van der Waals surface area contributed by atoms with Crippen LogP contribution in [0.2, 0.25) is 0 Å². The third-order valence-electron chi connectivity index (χ3n) is 1.80. The summed E-state index contributed by atoms with van der Waals surface area (Å²) < 4.78 is 25.1. The number of nitrogens with two attached hydrogens (primary N) is 1. The molecule has 0 amide bonds. The van der Waals surface area contributed by atoms with Crippen LogP contribution in [0.15, 0.2) is 12.1 Å². The van der Waals surface area contributed by atoms with Crippen LogP contribution in [-0.4, -0.2) is 11.8 Å². The van der Waals surface area contributed by atoms with Crippen molar-refractivity contribution < 1.29 is 13.9 Å². The zero-order chi connectivity index (χ0) is 10.0. The zero-order valence-electron chi connectivity index (χ0n) is 7.63. The molecule has 0 heterocycles. The number of aromatic hydroxyl groups is 1. The van der Waals surface area contributed by atoms with Crippen molar-refractivity contribution in [3.05, 3.63) is 29.1 Å². The van der Waals surface area contributed by atoms with Gasteiger partial charge in [-0.1, -0.05) is 6.07 Å². The summed E-state index contributed by atoms with van der Waals surface area (Å²) in [6.07, 6.45) is 0. The van der Waals surface area contributed by atoms with Crippen molar-refractivity contribution >= 4 is 12.4 Å². The maximum absolute atomic E-state index is 12.9. The second-order valence-corrected chi connectivity index (χ2v) is 2.95. The van der Waals surface area contributed by atoms with Crippen LogP contribution in [0.25, 0.3) is 0 Å². The number of hydrogen-bond acceptors (Lipinski definition) is 2. The third-order valence-corrected chi connectivity index (χ3v) is 1.80. The highest BCUT2D eigenvalue weighted by Gasteiger charge is 2.14. The van der Waals surface area contributed by atoms with Crippen LogP contribution in [0.5, 0.6) is 5.75 Å². The van der Waals surface area contributed by atoms with E-state index in [0.29, 0.717) is 5.56 Å². The number of rotatable bonds is 2. The molecule has 0 aliphatic rings. The maximum Gasteiger partial charge on any atom is 0.165 e. The topological polar surface area (TPSA) is 46.2 Å². The van der Waals surface area contributed by atoms with Crippen LogP contribution >= 0.6 is 12.4 Å². The van der Waals surface area contributed by atoms with Gasteiger partial charge in [-0.15, -0.1) is 12.4 Å². The Bertz CT molecular complexity index is 320. The van der Waals surface area contributed by atoms with Gasteiger partial charge in [0.05, 0.1) is 6.04 Å². The zero-order valence-corrected chi connectivity index (χ0v) is 8.44. The maximum atomic E-state index is 12.9. The molecule has 0 bridgehead atoms. The summed E-state index contributed by atoms with van der Waals surface area (Å²) in [6, 6.07) is 1.68. The van der Waals surface area contributed by atoms with Gasteiger partial charge in [-0.2, -0.15) is 0 Å². The quantitative estimate of drug-likeness (QED) is 0.808. The molecule has 1 aromatic carbocycles. The van der Waals surface area contributed by atoms with Crippen molar-refractivity contribution in [2.75, 3.05) is 6.67 Å². The molecule has 1 aromatic rings. The molecule has 0 aromatic heterocycles. The fourth-order valence-electron chi connectivity index (χ4n) is 1.13. The fraction of sp³-hybridized carbons (Fsp3) is 0.333. The average Bonchev–Trinajstić information content (AvgIpc) is 2.10. The summed E-state index contributed by atoms with van der Waals surface area (Å²) >= 11 is 0. The fourth-order valence-corrected chi connectivity index (χ4v) is 1.13. The van der Waals surface area contributed by atoms with Gasteiger partial charge in [0, 0.05) is 5.56 Å². The lowest BCUT2D eigenvalue weighted by Gasteiger charge is -2.11. The molecule has 2 nitrogen and oxygen atoms in total. The van der Waals surface area contributed by atoms with Gasteiger partial charge >= 0.3 is 0 Å². The molecule has 0 radical (unpaired) electrons. The first-order valence-electron chi connectivity index (χ1n) is 3.86. The van der Waals surface area contributed by atoms with E-state index in [1.807, 2.05) is 0 Å². The van der Waals surface area contributed by atoms with E-state index in [2.05, 4.69) is 0 Å². The molecule has 0 aliphatic heterocycles. The van der Waals surface area contributed by atoms with E-state index in [9.17, 15) is 13.9 Å². The first kappa shape index (κ1) is 13.1. The lowest BCUT2D eigenvalue weighted by Crippen LogP contribution is -2.13. The van der Waals surface area contributed by atoms with Gasteiger partial charge in [0.2, 0.25) is 0 Å². The van der Waals surface area contributed by atoms with Crippen LogP contribution in [-0.2, 0) is 0 Å². The SMILES string of the molecule is Cc1cc(F)c(O)c([C@@H](N)CF)c1.Cl. The molecule has 0 saturated heterocycles. The van der Waals surface area contributed by atoms with Crippen LogP contribution in [0.4, 0.5) is 8.78 Å². The molecule has 5 heteroatoms. The minimum absolute atomic E-state index is 0. The summed E-state index contributed by atoms with van der Waals surface area (Å²) in [7, 11) is 0. The standard InChI is InChI=1S/C9H11F2NO.ClH/c1-5-2-6(8(12)4-10)9(13)7(11)3-5;/h2-3,8,13H,4,12H2,1H3;1H/t8-;/m0./s1. The van der Waals surface area contributed by atoms with Crippen molar-refractivity contribution in [1.82, 2.24) is 0 Å². The smallest absolute Gasteiger partial charge is 0.165 e. The first-order valence-corrected chi connectivity index (χ1v) is 3.86. The van der Waals surface area contributed by atoms with Gasteiger partial charge in [-0.3, -0.25) is 0 Å². The molecule has 0 unspecified atom stereocenters. The van der Waals surface area contributed by atoms with Crippen LogP contribution in [0.1, 0.15) is 17.2 Å². The highest BCUT2D eigenvalue weighted by atomic mass is 35.5. The summed E-state index contributed by atoms with van der Waals surface area (Å²) in [4.78, 5) is 0. The van der Waals surface area contributed by atoms with Crippen molar-refractivity contribution in [2.45, 2.75) is 13.0 Å². The largest absolute Gasteiger partial charge is 0.505 e. The molecule has 3 N–H and O–H groups in total. The van der Waals surface area contributed by atoms with Gasteiger partial charge in [-0.05, 0) is 18.6 Å². The minimum Gasteiger partial charge on any atom is -0.505 e. The lowest BCUT2D eigenvalue weighted by molar-refractivity contribution is 0.396. The van der Waals surface area contributed by atoms with E-state index in [-0.39, 0.29) is 18.0 Å². The van der Waals surface area contributed by atoms with Crippen molar-refractivity contribution in [3.63, 3.8) is 0 Å². The number of phenolic OH excluding ortho intramolecular Hbond substituents is 1. The molecule has 80 valence electrons. The van der Waals surface area contributed by atoms with E-state index in [1.54, 1.807) is 6.92 Å². The van der Waals surface area contributed by atoms with Gasteiger partial charge in [0.25, 0.3) is 0 Å². The van der Waals surface area contributed by atoms with Crippen LogP contribution in [0.3, 0.4) is 0 Å². The molecule has 0 fully saturated rings. The summed E-state index contributed by atoms with van der Waals surface area (Å²) in [5.74, 6) is -1.32. The van der Waals surface area contributed by atoms with Gasteiger partial charge in [0.15, 0.2) is 11.6 Å². The van der Waals surface area contributed by atoms with Crippen molar-refractivity contribution in [1.29, 1.82) is 0 Å². The van der Waals surface area contributed by atoms with E-state index in [4.69, 9.17) is 5.73 Å². The molecule has 0 spiro atoms. The Morgan fingerprint density at radius 3 is 2.57 bits per heavy atom. The Morgan fingerprint density at radius 1 is 1.50 bits per heavy atom. The van der Waals surface area contributed by atoms with Crippen molar-refractivity contribution in [2.24, 2.45) is 5.73 Å². The number of halogens is 3. The Balaban J connectivity index is 0.00000169. The van der Waals surface area contributed by atoms with E-state index < -0.39 is 24.3 Å². The molecular formula is C9H12ClF2NO. The highest BCUT2D eigenvalue weighted by molar-refractivity contribution is 5.85. The number of aryl methyl sites for hydroxylation is 1. The second kappa shape index (κ2) is 5.12. The van der Waals surface area contributed by atoms with Crippen LogP contribution in [0, 0.1) is 12.7 Å². The second-order valence-electron chi connectivity index (χ2n) is 2.95. The van der Waals surface area contributed by atoms with Crippen molar-refractivity contribution in [3.8, 4) is 5.75 Å². The normalized spacial score (nSPS) is 12.0. The predicted octanol–water partition coefficient (Wildman–Crippen LogP) is 2.23. The Hall–Kier alpha value is -0.870.